The highest BCUT2D eigenvalue weighted by Crippen LogP contribution is 2.16. The zero-order valence-electron chi connectivity index (χ0n) is 7.27. The summed E-state index contributed by atoms with van der Waals surface area (Å²) >= 11 is 0. The molecule has 0 aliphatic carbocycles. The Morgan fingerprint density at radius 3 is 3.08 bits per heavy atom. The van der Waals surface area contributed by atoms with Gasteiger partial charge in [-0.1, -0.05) is 0 Å². The third-order valence-electron chi connectivity index (χ3n) is 1.95. The minimum atomic E-state index is 0.172. The van der Waals surface area contributed by atoms with Crippen LogP contribution in [0.5, 0.6) is 5.75 Å². The molecule has 70 valence electrons. The molecule has 2 rings (SSSR count). The lowest BCUT2D eigenvalue weighted by Gasteiger charge is -2.10. The van der Waals surface area contributed by atoms with E-state index in [1.54, 1.807) is 12.3 Å². The highest BCUT2D eigenvalue weighted by atomic mass is 16.5. The van der Waals surface area contributed by atoms with Gasteiger partial charge < -0.3 is 15.2 Å². The zero-order valence-corrected chi connectivity index (χ0v) is 7.27. The van der Waals surface area contributed by atoms with Crippen LogP contribution in [0.4, 0.5) is 5.82 Å². The third-order valence-corrected chi connectivity index (χ3v) is 1.95. The fourth-order valence-corrected chi connectivity index (χ4v) is 1.26. The number of hydrogen-bond acceptors (Lipinski definition) is 4. The first-order chi connectivity index (χ1) is 6.34. The standard InChI is InChI=1S/C9H12N2O2/c10-9-2-1-7(5-11-9)13-8-3-4-12-6-8/h1-2,5,8H,3-4,6H2,(H2,10,11). The van der Waals surface area contributed by atoms with Crippen molar-refractivity contribution >= 4 is 5.82 Å². The van der Waals surface area contributed by atoms with E-state index in [-0.39, 0.29) is 6.10 Å². The number of ether oxygens (including phenoxy) is 2. The van der Waals surface area contributed by atoms with Gasteiger partial charge in [-0.05, 0) is 12.1 Å². The molecule has 4 nitrogen and oxygen atoms in total. The summed E-state index contributed by atoms with van der Waals surface area (Å²) in [5, 5.41) is 0. The SMILES string of the molecule is Nc1ccc(OC2CCOC2)cn1. The van der Waals surface area contributed by atoms with Gasteiger partial charge in [0, 0.05) is 6.42 Å². The number of aromatic nitrogens is 1. The Kier molecular flexibility index (Phi) is 2.31. The normalized spacial score (nSPS) is 21.7. The molecule has 2 N–H and O–H groups in total. The largest absolute Gasteiger partial charge is 0.486 e. The summed E-state index contributed by atoms with van der Waals surface area (Å²) in [5.41, 5.74) is 5.44. The molecule has 0 saturated carbocycles. The lowest BCUT2D eigenvalue weighted by molar-refractivity contribution is 0.141. The van der Waals surface area contributed by atoms with Gasteiger partial charge in [0.1, 0.15) is 17.7 Å². The predicted molar refractivity (Wildman–Crippen MR) is 48.5 cm³/mol. The molecule has 1 unspecified atom stereocenters. The van der Waals surface area contributed by atoms with Crippen LogP contribution in [0.25, 0.3) is 0 Å². The maximum Gasteiger partial charge on any atom is 0.138 e. The van der Waals surface area contributed by atoms with Crippen LogP contribution in [0, 0.1) is 0 Å². The van der Waals surface area contributed by atoms with Gasteiger partial charge in [-0.25, -0.2) is 4.98 Å². The number of nitrogens with zero attached hydrogens (tertiary/aromatic N) is 1. The average molecular weight is 180 g/mol. The molecule has 4 heteroatoms. The van der Waals surface area contributed by atoms with E-state index in [2.05, 4.69) is 4.98 Å². The Labute approximate surface area is 76.7 Å². The minimum Gasteiger partial charge on any atom is -0.486 e. The monoisotopic (exact) mass is 180 g/mol. The molecule has 0 spiro atoms. The Morgan fingerprint density at radius 2 is 2.46 bits per heavy atom. The molecule has 0 bridgehead atoms. The molecule has 0 amide bonds. The number of pyridine rings is 1. The molecular weight excluding hydrogens is 168 g/mol. The van der Waals surface area contributed by atoms with Crippen LogP contribution < -0.4 is 10.5 Å². The number of hydrogen-bond donors (Lipinski definition) is 1. The lowest BCUT2D eigenvalue weighted by Crippen LogP contribution is -2.15. The van der Waals surface area contributed by atoms with Crippen molar-refractivity contribution < 1.29 is 9.47 Å². The maximum absolute atomic E-state index is 5.59. The van der Waals surface area contributed by atoms with E-state index in [9.17, 15) is 0 Å². The summed E-state index contributed by atoms with van der Waals surface area (Å²) in [6, 6.07) is 3.55. The van der Waals surface area contributed by atoms with Crippen LogP contribution >= 0.6 is 0 Å². The van der Waals surface area contributed by atoms with Crippen LogP contribution in [0.3, 0.4) is 0 Å². The molecular formula is C9H12N2O2. The Morgan fingerprint density at radius 1 is 1.54 bits per heavy atom. The van der Waals surface area contributed by atoms with Crippen molar-refractivity contribution in [3.8, 4) is 5.75 Å². The van der Waals surface area contributed by atoms with Gasteiger partial charge in [0.25, 0.3) is 0 Å². The fourth-order valence-electron chi connectivity index (χ4n) is 1.26. The van der Waals surface area contributed by atoms with Crippen molar-refractivity contribution in [3.05, 3.63) is 18.3 Å². The van der Waals surface area contributed by atoms with E-state index < -0.39 is 0 Å². The summed E-state index contributed by atoms with van der Waals surface area (Å²) in [7, 11) is 0. The van der Waals surface area contributed by atoms with Gasteiger partial charge in [0.2, 0.25) is 0 Å². The van der Waals surface area contributed by atoms with Gasteiger partial charge in [0.15, 0.2) is 0 Å². The molecule has 1 aliphatic rings. The molecule has 1 fully saturated rings. The van der Waals surface area contributed by atoms with E-state index in [0.717, 1.165) is 18.8 Å². The topological polar surface area (TPSA) is 57.4 Å². The van der Waals surface area contributed by atoms with Gasteiger partial charge in [-0.2, -0.15) is 0 Å². The number of anilines is 1. The number of nitrogen functional groups attached to an aromatic ring is 1. The molecule has 0 aromatic carbocycles. The quantitative estimate of drug-likeness (QED) is 0.732. The van der Waals surface area contributed by atoms with Gasteiger partial charge in [-0.3, -0.25) is 0 Å². The highest BCUT2D eigenvalue weighted by Gasteiger charge is 2.16. The zero-order chi connectivity index (χ0) is 9.10. The molecule has 1 saturated heterocycles. The van der Waals surface area contributed by atoms with Gasteiger partial charge in [0.05, 0.1) is 19.4 Å². The minimum absolute atomic E-state index is 0.172. The summed E-state index contributed by atoms with van der Waals surface area (Å²) in [5.74, 6) is 1.26. The second-order valence-corrected chi connectivity index (χ2v) is 3.02. The second-order valence-electron chi connectivity index (χ2n) is 3.02. The van der Waals surface area contributed by atoms with Crippen molar-refractivity contribution in [2.75, 3.05) is 18.9 Å². The fraction of sp³-hybridized carbons (Fsp3) is 0.444. The van der Waals surface area contributed by atoms with Crippen LogP contribution in [0.2, 0.25) is 0 Å². The molecule has 1 atom stereocenters. The van der Waals surface area contributed by atoms with Crippen LogP contribution in [0.1, 0.15) is 6.42 Å². The van der Waals surface area contributed by atoms with E-state index in [0.29, 0.717) is 12.4 Å². The molecule has 1 aromatic heterocycles. The Bertz CT molecular complexity index is 267. The average Bonchev–Trinajstić information content (AvgIpc) is 2.62. The van der Waals surface area contributed by atoms with Crippen molar-refractivity contribution in [1.82, 2.24) is 4.98 Å². The molecule has 0 radical (unpaired) electrons. The molecule has 1 aliphatic heterocycles. The van der Waals surface area contributed by atoms with Crippen LogP contribution in [0.15, 0.2) is 18.3 Å². The number of nitrogens with two attached hydrogens (primary N) is 1. The van der Waals surface area contributed by atoms with Crippen molar-refractivity contribution in [3.63, 3.8) is 0 Å². The molecule has 2 heterocycles. The first-order valence-corrected chi connectivity index (χ1v) is 4.30. The Balaban J connectivity index is 1.97. The molecule has 13 heavy (non-hydrogen) atoms. The van der Waals surface area contributed by atoms with E-state index >= 15 is 0 Å². The van der Waals surface area contributed by atoms with E-state index in [1.807, 2.05) is 6.07 Å². The van der Waals surface area contributed by atoms with Crippen LogP contribution in [-0.4, -0.2) is 24.3 Å². The molecule has 1 aromatic rings. The second kappa shape index (κ2) is 3.62. The van der Waals surface area contributed by atoms with E-state index in [1.165, 1.54) is 0 Å². The first kappa shape index (κ1) is 8.31. The van der Waals surface area contributed by atoms with Gasteiger partial charge >= 0.3 is 0 Å². The summed E-state index contributed by atoms with van der Waals surface area (Å²) in [6.45, 7) is 1.46. The summed E-state index contributed by atoms with van der Waals surface area (Å²) < 4.78 is 10.8. The van der Waals surface area contributed by atoms with E-state index in [4.69, 9.17) is 15.2 Å². The predicted octanol–water partition coefficient (Wildman–Crippen LogP) is 0.831. The van der Waals surface area contributed by atoms with Crippen molar-refractivity contribution in [2.45, 2.75) is 12.5 Å². The third kappa shape index (κ3) is 2.09. The smallest absolute Gasteiger partial charge is 0.138 e. The summed E-state index contributed by atoms with van der Waals surface area (Å²) in [6.07, 6.45) is 2.75. The van der Waals surface area contributed by atoms with Gasteiger partial charge in [-0.15, -0.1) is 0 Å². The van der Waals surface area contributed by atoms with Crippen molar-refractivity contribution in [2.24, 2.45) is 0 Å². The first-order valence-electron chi connectivity index (χ1n) is 4.30. The highest BCUT2D eigenvalue weighted by molar-refractivity contribution is 5.32. The van der Waals surface area contributed by atoms with Crippen LogP contribution in [-0.2, 0) is 4.74 Å². The van der Waals surface area contributed by atoms with Crippen molar-refractivity contribution in [1.29, 1.82) is 0 Å². The Hall–Kier alpha value is -1.29. The summed E-state index contributed by atoms with van der Waals surface area (Å²) in [4.78, 5) is 3.93. The number of rotatable bonds is 2. The lowest BCUT2D eigenvalue weighted by atomic mass is 10.3. The maximum atomic E-state index is 5.59.